The van der Waals surface area contributed by atoms with Crippen molar-refractivity contribution in [3.05, 3.63) is 52.7 Å². The van der Waals surface area contributed by atoms with Crippen LogP contribution in [0.25, 0.3) is 16.8 Å². The topological polar surface area (TPSA) is 46.4 Å². The summed E-state index contributed by atoms with van der Waals surface area (Å²) in [6.45, 7) is 1.60. The summed E-state index contributed by atoms with van der Waals surface area (Å²) < 4.78 is 80.6. The van der Waals surface area contributed by atoms with Gasteiger partial charge in [-0.25, -0.2) is 4.52 Å². The number of amides is 1. The van der Waals surface area contributed by atoms with Crippen LogP contribution in [0, 0.1) is 6.92 Å². The fourth-order valence-corrected chi connectivity index (χ4v) is 3.37. The van der Waals surface area contributed by atoms with Crippen molar-refractivity contribution in [1.82, 2.24) is 9.61 Å². The average Bonchev–Trinajstić information content (AvgIpc) is 3.15. The molecule has 1 amide bonds. The molecular weight excluding hydrogens is 388 g/mol. The minimum atomic E-state index is -4.81. The number of rotatable bonds is 1. The summed E-state index contributed by atoms with van der Waals surface area (Å²) in [5, 5.41) is 6.00. The normalized spacial score (nSPS) is 14.5. The van der Waals surface area contributed by atoms with Crippen LogP contribution in [-0.2, 0) is 23.6 Å². The third-order valence-electron chi connectivity index (χ3n) is 4.53. The van der Waals surface area contributed by atoms with Crippen LogP contribution < -0.4 is 5.32 Å². The summed E-state index contributed by atoms with van der Waals surface area (Å²) in [6.07, 6.45) is -9.63. The number of nitrogens with one attached hydrogen (secondary N) is 1. The number of pyridine rings is 1. The first-order chi connectivity index (χ1) is 12.9. The molecule has 0 unspecified atom stereocenters. The van der Waals surface area contributed by atoms with Gasteiger partial charge in [-0.15, -0.1) is 0 Å². The van der Waals surface area contributed by atoms with Crippen molar-refractivity contribution in [2.45, 2.75) is 25.7 Å². The maximum Gasteiger partial charge on any atom is 0.435 e. The van der Waals surface area contributed by atoms with E-state index in [4.69, 9.17) is 0 Å². The smallest absolute Gasteiger partial charge is 0.325 e. The molecule has 0 aliphatic carbocycles. The molecule has 28 heavy (non-hydrogen) atoms. The number of hydrogen-bond acceptors (Lipinski definition) is 2. The zero-order chi connectivity index (χ0) is 20.4. The van der Waals surface area contributed by atoms with E-state index in [1.54, 1.807) is 6.92 Å². The first-order valence-electron chi connectivity index (χ1n) is 8.06. The van der Waals surface area contributed by atoms with Gasteiger partial charge in [-0.3, -0.25) is 4.79 Å². The van der Waals surface area contributed by atoms with Crippen molar-refractivity contribution in [2.24, 2.45) is 0 Å². The molecule has 0 radical (unpaired) electrons. The van der Waals surface area contributed by atoms with E-state index in [1.165, 1.54) is 12.1 Å². The third-order valence-corrected chi connectivity index (χ3v) is 4.53. The van der Waals surface area contributed by atoms with E-state index >= 15 is 0 Å². The van der Waals surface area contributed by atoms with E-state index in [-0.39, 0.29) is 23.4 Å². The molecule has 1 aliphatic rings. The number of nitrogens with zero attached hydrogens (tertiary/aromatic N) is 2. The second-order valence-corrected chi connectivity index (χ2v) is 6.51. The largest absolute Gasteiger partial charge is 0.435 e. The number of fused-ring (bicyclic) bond motifs is 2. The average molecular weight is 399 g/mol. The Bertz CT molecular complexity index is 1130. The van der Waals surface area contributed by atoms with E-state index < -0.39 is 29.3 Å². The highest BCUT2D eigenvalue weighted by molar-refractivity contribution is 6.00. The van der Waals surface area contributed by atoms with Gasteiger partial charge in [0.25, 0.3) is 0 Å². The van der Waals surface area contributed by atoms with Gasteiger partial charge in [0.1, 0.15) is 0 Å². The Morgan fingerprint density at radius 3 is 2.39 bits per heavy atom. The first kappa shape index (κ1) is 18.3. The number of hydrogen-bond donors (Lipinski definition) is 1. The second kappa shape index (κ2) is 5.73. The second-order valence-electron chi connectivity index (χ2n) is 6.51. The van der Waals surface area contributed by atoms with E-state index in [0.717, 1.165) is 12.1 Å². The Hall–Kier alpha value is -3.04. The summed E-state index contributed by atoms with van der Waals surface area (Å²) >= 11 is 0. The Labute approximate surface area is 153 Å². The highest BCUT2D eigenvalue weighted by Crippen LogP contribution is 2.41. The maximum absolute atomic E-state index is 13.6. The molecule has 4 nitrogen and oxygen atoms in total. The van der Waals surface area contributed by atoms with Gasteiger partial charge in [0.05, 0.1) is 23.2 Å². The van der Waals surface area contributed by atoms with Gasteiger partial charge in [-0.1, -0.05) is 0 Å². The van der Waals surface area contributed by atoms with Crippen LogP contribution in [0.2, 0.25) is 0 Å². The lowest BCUT2D eigenvalue weighted by Crippen LogP contribution is -2.12. The van der Waals surface area contributed by atoms with E-state index in [1.807, 2.05) is 0 Å². The summed E-state index contributed by atoms with van der Waals surface area (Å²) in [5.74, 6) is -0.303. The molecule has 0 bridgehead atoms. The van der Waals surface area contributed by atoms with Crippen molar-refractivity contribution < 1.29 is 31.1 Å². The molecule has 3 aromatic rings. The van der Waals surface area contributed by atoms with E-state index in [2.05, 4.69) is 10.4 Å². The fraction of sp³-hybridized carbons (Fsp3) is 0.222. The quantitative estimate of drug-likeness (QED) is 0.595. The number of carbonyl (C=O) groups excluding carboxylic acids is 1. The van der Waals surface area contributed by atoms with Gasteiger partial charge in [-0.2, -0.15) is 31.4 Å². The number of anilines is 1. The summed E-state index contributed by atoms with van der Waals surface area (Å²) in [7, 11) is 0. The maximum atomic E-state index is 13.6. The zero-order valence-corrected chi connectivity index (χ0v) is 14.2. The Kier molecular flexibility index (Phi) is 3.75. The molecule has 146 valence electrons. The zero-order valence-electron chi connectivity index (χ0n) is 14.2. The molecule has 0 saturated heterocycles. The Morgan fingerprint density at radius 2 is 1.75 bits per heavy atom. The lowest BCUT2D eigenvalue weighted by atomic mass is 9.98. The molecule has 0 fully saturated rings. The number of aromatic nitrogens is 2. The summed E-state index contributed by atoms with van der Waals surface area (Å²) in [6, 6.07) is 5.13. The molecule has 0 spiro atoms. The molecule has 1 N–H and O–H groups in total. The van der Waals surface area contributed by atoms with E-state index in [9.17, 15) is 31.1 Å². The van der Waals surface area contributed by atoms with Crippen LogP contribution in [0.15, 0.2) is 30.3 Å². The predicted octanol–water partition coefficient (Wildman–Crippen LogP) is 4.84. The van der Waals surface area contributed by atoms with Crippen LogP contribution in [0.3, 0.4) is 0 Å². The monoisotopic (exact) mass is 399 g/mol. The number of benzene rings is 1. The minimum Gasteiger partial charge on any atom is -0.325 e. The van der Waals surface area contributed by atoms with Gasteiger partial charge in [-0.05, 0) is 48.4 Å². The molecule has 0 atom stereocenters. The lowest BCUT2D eigenvalue weighted by Gasteiger charge is -2.16. The van der Waals surface area contributed by atoms with Gasteiger partial charge >= 0.3 is 12.4 Å². The molecule has 1 aromatic carbocycles. The Morgan fingerprint density at radius 1 is 1.04 bits per heavy atom. The van der Waals surface area contributed by atoms with Crippen LogP contribution >= 0.6 is 0 Å². The van der Waals surface area contributed by atoms with Crippen molar-refractivity contribution in [2.75, 3.05) is 5.32 Å². The standard InChI is InChI=1S/C18H11F6N3O/c1-8-4-10(5-9-6-14(28)25-15(8)9)16-12(17(19,20)21)3-2-11-7-13(18(22,23)24)26-27(11)16/h2-5,7H,6H2,1H3,(H,25,28). The number of alkyl halides is 6. The number of aryl methyl sites for hydroxylation is 1. The summed E-state index contributed by atoms with van der Waals surface area (Å²) in [4.78, 5) is 11.6. The van der Waals surface area contributed by atoms with Gasteiger partial charge in [0, 0.05) is 11.3 Å². The minimum absolute atomic E-state index is 0.0196. The fourth-order valence-electron chi connectivity index (χ4n) is 3.37. The van der Waals surface area contributed by atoms with Crippen molar-refractivity contribution in [3.8, 4) is 11.3 Å². The SMILES string of the molecule is Cc1cc(-c2c(C(F)(F)F)ccc3cc(C(F)(F)F)nn23)cc2c1NC(=O)C2. The van der Waals surface area contributed by atoms with Crippen molar-refractivity contribution in [1.29, 1.82) is 0 Å². The van der Waals surface area contributed by atoms with Crippen LogP contribution in [0.1, 0.15) is 22.4 Å². The Balaban J connectivity index is 2.04. The van der Waals surface area contributed by atoms with Crippen molar-refractivity contribution in [3.63, 3.8) is 0 Å². The first-order valence-corrected chi connectivity index (χ1v) is 8.06. The molecule has 2 aromatic heterocycles. The lowest BCUT2D eigenvalue weighted by molar-refractivity contribution is -0.141. The van der Waals surface area contributed by atoms with Crippen LogP contribution in [0.4, 0.5) is 32.0 Å². The molecule has 3 heterocycles. The molecule has 4 rings (SSSR count). The van der Waals surface area contributed by atoms with Gasteiger partial charge in [0.2, 0.25) is 5.91 Å². The van der Waals surface area contributed by atoms with Crippen LogP contribution in [0.5, 0.6) is 0 Å². The number of carbonyl (C=O) groups is 1. The third kappa shape index (κ3) is 2.88. The van der Waals surface area contributed by atoms with Crippen molar-refractivity contribution >= 4 is 17.1 Å². The highest BCUT2D eigenvalue weighted by Gasteiger charge is 2.38. The highest BCUT2D eigenvalue weighted by atomic mass is 19.4. The predicted molar refractivity (Wildman–Crippen MR) is 87.7 cm³/mol. The van der Waals surface area contributed by atoms with Gasteiger partial charge in [0.15, 0.2) is 5.69 Å². The molecule has 10 heteroatoms. The van der Waals surface area contributed by atoms with E-state index in [0.29, 0.717) is 27.4 Å². The van der Waals surface area contributed by atoms with Crippen LogP contribution in [-0.4, -0.2) is 15.5 Å². The van der Waals surface area contributed by atoms with Gasteiger partial charge < -0.3 is 5.32 Å². The molecule has 1 aliphatic heterocycles. The summed E-state index contributed by atoms with van der Waals surface area (Å²) in [5.41, 5.74) is -1.52. The molecular formula is C18H11F6N3O. The number of halogens is 6. The molecule has 0 saturated carbocycles.